The van der Waals surface area contributed by atoms with Crippen LogP contribution in [0, 0.1) is 13.8 Å². The molecule has 0 aliphatic carbocycles. The highest BCUT2D eigenvalue weighted by atomic mass is 16.2. The van der Waals surface area contributed by atoms with Crippen LogP contribution in [0.15, 0.2) is 91.0 Å². The fraction of sp³-hybridized carbons (Fsp3) is 0.133. The second kappa shape index (κ2) is 9.73. The number of carbonyl (C=O) groups excluding carboxylic acids is 2. The van der Waals surface area contributed by atoms with Crippen molar-refractivity contribution in [2.45, 2.75) is 26.4 Å². The second-order valence-electron chi connectivity index (χ2n) is 9.83. The first-order chi connectivity index (χ1) is 19.3. The predicted molar refractivity (Wildman–Crippen MR) is 153 cm³/mol. The van der Waals surface area contributed by atoms with Gasteiger partial charge in [-0.1, -0.05) is 64.0 Å². The minimum absolute atomic E-state index is 0.307. The number of amides is 2. The first-order valence-electron chi connectivity index (χ1n) is 12.8. The van der Waals surface area contributed by atoms with E-state index in [9.17, 15) is 9.59 Å². The summed E-state index contributed by atoms with van der Waals surface area (Å²) in [4.78, 5) is 27.8. The smallest absolute Gasteiger partial charge is 0.274 e. The van der Waals surface area contributed by atoms with E-state index in [-0.39, 0.29) is 5.91 Å². The largest absolute Gasteiger partial charge is 0.322 e. The molecule has 10 heteroatoms. The minimum atomic E-state index is -1.60. The van der Waals surface area contributed by atoms with E-state index < -0.39 is 11.6 Å². The number of fused-ring (bicyclic) bond motifs is 2. The molecule has 0 bridgehead atoms. The number of carbonyl (C=O) groups is 2. The zero-order valence-corrected chi connectivity index (χ0v) is 22.2. The summed E-state index contributed by atoms with van der Waals surface area (Å²) in [5.74, 6) is -0.796. The number of rotatable bonds is 6. The maximum atomic E-state index is 14.2. The Morgan fingerprint density at radius 1 is 0.675 bits per heavy atom. The fourth-order valence-electron chi connectivity index (χ4n) is 4.65. The van der Waals surface area contributed by atoms with Crippen molar-refractivity contribution in [2.24, 2.45) is 0 Å². The molecule has 40 heavy (non-hydrogen) atoms. The number of hydrogen-bond acceptors (Lipinski definition) is 6. The van der Waals surface area contributed by atoms with Gasteiger partial charge in [0.1, 0.15) is 16.6 Å². The molecule has 0 fully saturated rings. The molecule has 10 nitrogen and oxygen atoms in total. The van der Waals surface area contributed by atoms with Crippen molar-refractivity contribution in [2.75, 3.05) is 10.6 Å². The van der Waals surface area contributed by atoms with Crippen LogP contribution in [0.3, 0.4) is 0 Å². The van der Waals surface area contributed by atoms with E-state index in [1.54, 1.807) is 25.1 Å². The number of para-hydroxylation sites is 2. The van der Waals surface area contributed by atoms with Crippen LogP contribution in [-0.2, 0) is 10.5 Å². The van der Waals surface area contributed by atoms with Gasteiger partial charge in [-0.15, -0.1) is 10.2 Å². The monoisotopic (exact) mass is 530 g/mol. The molecule has 4 aromatic carbocycles. The average molecular weight is 531 g/mol. The molecule has 6 rings (SSSR count). The van der Waals surface area contributed by atoms with Gasteiger partial charge in [0, 0.05) is 11.4 Å². The van der Waals surface area contributed by atoms with Crippen LogP contribution in [-0.4, -0.2) is 41.8 Å². The van der Waals surface area contributed by atoms with Gasteiger partial charge in [-0.25, -0.2) is 9.36 Å². The van der Waals surface area contributed by atoms with Gasteiger partial charge in [0.15, 0.2) is 0 Å². The van der Waals surface area contributed by atoms with E-state index in [0.29, 0.717) is 39.0 Å². The van der Waals surface area contributed by atoms with Gasteiger partial charge < -0.3 is 10.6 Å². The lowest BCUT2D eigenvalue weighted by atomic mass is 10.1. The molecular formula is C30H26N8O2. The molecule has 0 saturated heterocycles. The molecule has 0 saturated carbocycles. The molecule has 1 atom stereocenters. The number of anilines is 2. The van der Waals surface area contributed by atoms with Crippen molar-refractivity contribution in [3.05, 3.63) is 108 Å². The lowest BCUT2D eigenvalue weighted by Crippen LogP contribution is -2.50. The van der Waals surface area contributed by atoms with E-state index in [1.165, 1.54) is 9.36 Å². The average Bonchev–Trinajstić information content (AvgIpc) is 3.60. The number of benzene rings is 4. The summed E-state index contributed by atoms with van der Waals surface area (Å²) < 4.78 is 2.95. The van der Waals surface area contributed by atoms with Crippen molar-refractivity contribution in [3.63, 3.8) is 0 Å². The number of nitrogens with zero attached hydrogens (tertiary/aromatic N) is 6. The summed E-state index contributed by atoms with van der Waals surface area (Å²) in [6, 6.07) is 27.5. The van der Waals surface area contributed by atoms with Crippen LogP contribution in [0.5, 0.6) is 0 Å². The van der Waals surface area contributed by atoms with Gasteiger partial charge in [-0.05, 0) is 69.3 Å². The van der Waals surface area contributed by atoms with Crippen LogP contribution < -0.4 is 10.6 Å². The van der Waals surface area contributed by atoms with Crippen molar-refractivity contribution in [3.8, 4) is 0 Å². The molecule has 198 valence electrons. The molecule has 0 spiro atoms. The summed E-state index contributed by atoms with van der Waals surface area (Å²) in [6.45, 7) is 5.63. The Morgan fingerprint density at radius 2 is 1.25 bits per heavy atom. The van der Waals surface area contributed by atoms with Crippen LogP contribution in [0.1, 0.15) is 28.4 Å². The van der Waals surface area contributed by atoms with Crippen LogP contribution in [0.2, 0.25) is 0 Å². The van der Waals surface area contributed by atoms with E-state index in [1.807, 2.05) is 86.6 Å². The molecule has 0 aliphatic rings. The predicted octanol–water partition coefficient (Wildman–Crippen LogP) is 4.90. The third-order valence-corrected chi connectivity index (χ3v) is 6.94. The Kier molecular flexibility index (Phi) is 6.07. The summed E-state index contributed by atoms with van der Waals surface area (Å²) in [5.41, 5.74) is 4.17. The molecule has 1 unspecified atom stereocenters. The molecule has 2 N–H and O–H groups in total. The number of aryl methyl sites for hydroxylation is 2. The summed E-state index contributed by atoms with van der Waals surface area (Å²) in [7, 11) is 0. The Morgan fingerprint density at radius 3 is 1.95 bits per heavy atom. The number of hydrogen-bond donors (Lipinski definition) is 2. The SMILES string of the molecule is Cc1ccc(NC(=O)c2cccc3nnn(C(C)(C(=O)Nc4ccc(C)cc4)n4nnc5ccccc54)c23)cc1. The number of aromatic nitrogens is 6. The third kappa shape index (κ3) is 4.25. The van der Waals surface area contributed by atoms with E-state index >= 15 is 0 Å². The normalized spacial score (nSPS) is 12.8. The maximum Gasteiger partial charge on any atom is 0.274 e. The number of nitrogens with one attached hydrogen (secondary N) is 2. The first kappa shape index (κ1) is 24.9. The van der Waals surface area contributed by atoms with Crippen LogP contribution in [0.25, 0.3) is 22.1 Å². The fourth-order valence-corrected chi connectivity index (χ4v) is 4.65. The van der Waals surface area contributed by atoms with Gasteiger partial charge in [0.2, 0.25) is 5.66 Å². The molecule has 2 aromatic heterocycles. The van der Waals surface area contributed by atoms with E-state index in [4.69, 9.17) is 0 Å². The second-order valence-corrected chi connectivity index (χ2v) is 9.83. The molecule has 2 amide bonds. The Labute approximate surface area is 229 Å². The third-order valence-electron chi connectivity index (χ3n) is 6.94. The molecular weight excluding hydrogens is 504 g/mol. The Hall–Kier alpha value is -5.38. The van der Waals surface area contributed by atoms with Gasteiger partial charge in [-0.2, -0.15) is 0 Å². The van der Waals surface area contributed by atoms with Crippen molar-refractivity contribution in [1.82, 2.24) is 30.0 Å². The summed E-state index contributed by atoms with van der Waals surface area (Å²) in [5, 5.41) is 23.3. The van der Waals surface area contributed by atoms with E-state index in [0.717, 1.165) is 11.1 Å². The van der Waals surface area contributed by atoms with Gasteiger partial charge in [0.05, 0.1) is 11.1 Å². The maximum absolute atomic E-state index is 14.2. The van der Waals surface area contributed by atoms with Gasteiger partial charge in [0.25, 0.3) is 11.8 Å². The van der Waals surface area contributed by atoms with Gasteiger partial charge >= 0.3 is 0 Å². The van der Waals surface area contributed by atoms with Crippen LogP contribution >= 0.6 is 0 Å². The zero-order chi connectivity index (χ0) is 27.9. The quantitative estimate of drug-likeness (QED) is 0.316. The molecule has 0 aliphatic heterocycles. The van der Waals surface area contributed by atoms with Crippen molar-refractivity contribution >= 4 is 45.3 Å². The Balaban J connectivity index is 1.52. The Bertz CT molecular complexity index is 1870. The minimum Gasteiger partial charge on any atom is -0.322 e. The molecule has 6 aromatic rings. The highest BCUT2D eigenvalue weighted by Gasteiger charge is 2.43. The zero-order valence-electron chi connectivity index (χ0n) is 22.2. The van der Waals surface area contributed by atoms with Gasteiger partial charge in [-0.3, -0.25) is 9.59 Å². The topological polar surface area (TPSA) is 120 Å². The standard InChI is InChI=1S/C30H26N8O2/c1-19-11-15-21(16-12-19)31-28(39)23-7-6-9-25-27(23)38(36-34-25)30(3,29(40)32-22-17-13-20(2)14-18-22)37-26-10-5-4-8-24(26)33-35-37/h4-18H,1-3H3,(H,31,39)(H,32,40). The van der Waals surface area contributed by atoms with E-state index in [2.05, 4.69) is 31.3 Å². The molecule has 2 heterocycles. The van der Waals surface area contributed by atoms with Crippen molar-refractivity contribution < 1.29 is 9.59 Å². The highest BCUT2D eigenvalue weighted by molar-refractivity contribution is 6.12. The first-order valence-corrected chi connectivity index (χ1v) is 12.8. The molecule has 0 radical (unpaired) electrons. The van der Waals surface area contributed by atoms with Crippen molar-refractivity contribution in [1.29, 1.82) is 0 Å². The highest BCUT2D eigenvalue weighted by Crippen LogP contribution is 2.30. The summed E-state index contributed by atoms with van der Waals surface area (Å²) in [6.07, 6.45) is 0. The lowest BCUT2D eigenvalue weighted by Gasteiger charge is -2.29. The lowest BCUT2D eigenvalue weighted by molar-refractivity contribution is -0.126. The van der Waals surface area contributed by atoms with Crippen LogP contribution in [0.4, 0.5) is 11.4 Å². The summed E-state index contributed by atoms with van der Waals surface area (Å²) >= 11 is 0.